The largest absolute Gasteiger partial charge is 0.497 e. The highest BCUT2D eigenvalue weighted by atomic mass is 32.2. The number of hydrogen-bond acceptors (Lipinski definition) is 4. The summed E-state index contributed by atoms with van der Waals surface area (Å²) in [5.74, 6) is -0.182. The number of nitrogens with one attached hydrogen (secondary N) is 2. The van der Waals surface area contributed by atoms with Crippen molar-refractivity contribution in [3.63, 3.8) is 0 Å². The van der Waals surface area contributed by atoms with Gasteiger partial charge in [0.05, 0.1) is 12.0 Å². The Morgan fingerprint density at radius 2 is 1.74 bits per heavy atom. The Balaban J connectivity index is 1.91. The molecule has 0 aliphatic rings. The van der Waals surface area contributed by atoms with Crippen molar-refractivity contribution in [3.8, 4) is 5.75 Å². The van der Waals surface area contributed by atoms with Gasteiger partial charge in [-0.05, 0) is 54.8 Å². The van der Waals surface area contributed by atoms with E-state index < -0.39 is 27.8 Å². The van der Waals surface area contributed by atoms with Gasteiger partial charge in [-0.25, -0.2) is 12.8 Å². The molecule has 27 heavy (non-hydrogen) atoms. The van der Waals surface area contributed by atoms with Crippen LogP contribution in [0.5, 0.6) is 5.75 Å². The molecule has 1 amide bonds. The molecule has 8 heteroatoms. The Labute approximate surface area is 158 Å². The number of halogens is 1. The van der Waals surface area contributed by atoms with Crippen LogP contribution in [0.3, 0.4) is 0 Å². The summed E-state index contributed by atoms with van der Waals surface area (Å²) in [6.45, 7) is 2.08. The molecular weight excluding hydrogens is 371 g/mol. The van der Waals surface area contributed by atoms with Crippen LogP contribution in [0, 0.1) is 5.82 Å². The maximum Gasteiger partial charge on any atom is 0.241 e. The molecule has 0 heterocycles. The van der Waals surface area contributed by atoms with Crippen LogP contribution in [0.15, 0.2) is 53.4 Å². The van der Waals surface area contributed by atoms with Crippen molar-refractivity contribution < 1.29 is 22.3 Å². The number of sulfonamides is 1. The molecule has 146 valence electrons. The average Bonchev–Trinajstić information content (AvgIpc) is 2.67. The summed E-state index contributed by atoms with van der Waals surface area (Å²) < 4.78 is 45.1. The van der Waals surface area contributed by atoms with E-state index >= 15 is 0 Å². The number of benzene rings is 2. The van der Waals surface area contributed by atoms with Gasteiger partial charge in [-0.3, -0.25) is 4.79 Å². The monoisotopic (exact) mass is 394 g/mol. The van der Waals surface area contributed by atoms with Gasteiger partial charge in [0, 0.05) is 6.54 Å². The molecule has 0 fully saturated rings. The van der Waals surface area contributed by atoms with Gasteiger partial charge >= 0.3 is 0 Å². The van der Waals surface area contributed by atoms with Gasteiger partial charge in [-0.2, -0.15) is 4.72 Å². The van der Waals surface area contributed by atoms with E-state index in [0.29, 0.717) is 13.0 Å². The minimum absolute atomic E-state index is 0.0895. The summed E-state index contributed by atoms with van der Waals surface area (Å²) in [6.07, 6.45) is 0.895. The third kappa shape index (κ3) is 6.04. The molecule has 2 aromatic rings. The van der Waals surface area contributed by atoms with E-state index in [1.807, 2.05) is 24.3 Å². The molecule has 0 aromatic heterocycles. The molecule has 0 saturated carbocycles. The molecule has 2 rings (SSSR count). The lowest BCUT2D eigenvalue weighted by Crippen LogP contribution is -2.46. The van der Waals surface area contributed by atoms with Crippen LogP contribution >= 0.6 is 0 Å². The van der Waals surface area contributed by atoms with Crippen molar-refractivity contribution in [3.05, 3.63) is 59.9 Å². The van der Waals surface area contributed by atoms with Gasteiger partial charge in [0.25, 0.3) is 0 Å². The second-order valence-electron chi connectivity index (χ2n) is 5.93. The third-order valence-electron chi connectivity index (χ3n) is 4.02. The Kier molecular flexibility index (Phi) is 7.32. The van der Waals surface area contributed by atoms with Crippen molar-refractivity contribution in [2.24, 2.45) is 0 Å². The van der Waals surface area contributed by atoms with Crippen LogP contribution < -0.4 is 14.8 Å². The van der Waals surface area contributed by atoms with Gasteiger partial charge in [0.1, 0.15) is 17.6 Å². The van der Waals surface area contributed by atoms with Gasteiger partial charge in [0.2, 0.25) is 15.9 Å². The number of carbonyl (C=O) groups is 1. The molecule has 2 aromatic carbocycles. The lowest BCUT2D eigenvalue weighted by Gasteiger charge is -2.17. The van der Waals surface area contributed by atoms with Crippen LogP contribution in [0.4, 0.5) is 4.39 Å². The first kappa shape index (κ1) is 20.9. The fourth-order valence-electron chi connectivity index (χ4n) is 2.44. The standard InChI is InChI=1S/C19H23FN2O4S/c1-3-18(22-27(24,25)17-10-6-15(20)7-11-17)19(23)21-13-12-14-4-8-16(26-2)9-5-14/h4-11,18,22H,3,12-13H2,1-2H3,(H,21,23). The predicted molar refractivity (Wildman–Crippen MR) is 101 cm³/mol. The highest BCUT2D eigenvalue weighted by molar-refractivity contribution is 7.89. The van der Waals surface area contributed by atoms with Gasteiger partial charge in [0.15, 0.2) is 0 Å². The molecule has 0 aliphatic heterocycles. The zero-order chi connectivity index (χ0) is 19.9. The van der Waals surface area contributed by atoms with E-state index in [1.165, 1.54) is 0 Å². The number of carbonyl (C=O) groups excluding carboxylic acids is 1. The van der Waals surface area contributed by atoms with E-state index in [9.17, 15) is 17.6 Å². The number of hydrogen-bond donors (Lipinski definition) is 2. The Bertz CT molecular complexity index is 852. The molecule has 1 atom stereocenters. The second kappa shape index (κ2) is 9.48. The zero-order valence-electron chi connectivity index (χ0n) is 15.2. The second-order valence-corrected chi connectivity index (χ2v) is 7.64. The zero-order valence-corrected chi connectivity index (χ0v) is 16.1. The molecule has 0 aliphatic carbocycles. The Hall–Kier alpha value is -2.45. The van der Waals surface area contributed by atoms with E-state index in [-0.39, 0.29) is 11.3 Å². The average molecular weight is 394 g/mol. The Morgan fingerprint density at radius 3 is 2.30 bits per heavy atom. The highest BCUT2D eigenvalue weighted by Gasteiger charge is 2.24. The van der Waals surface area contributed by atoms with Crippen molar-refractivity contribution in [2.45, 2.75) is 30.7 Å². The number of amides is 1. The number of rotatable bonds is 9. The maximum absolute atomic E-state index is 13.0. The number of ether oxygens (including phenoxy) is 1. The van der Waals surface area contributed by atoms with E-state index in [0.717, 1.165) is 35.6 Å². The molecule has 6 nitrogen and oxygen atoms in total. The molecule has 0 bridgehead atoms. The smallest absolute Gasteiger partial charge is 0.241 e. The fraction of sp³-hybridized carbons (Fsp3) is 0.316. The minimum atomic E-state index is -3.91. The highest BCUT2D eigenvalue weighted by Crippen LogP contribution is 2.12. The molecule has 0 spiro atoms. The third-order valence-corrected chi connectivity index (χ3v) is 5.51. The summed E-state index contributed by atoms with van der Waals surface area (Å²) in [7, 11) is -2.32. The van der Waals surface area contributed by atoms with Crippen molar-refractivity contribution in [1.29, 1.82) is 0 Å². The SMILES string of the molecule is CCC(NS(=O)(=O)c1ccc(F)cc1)C(=O)NCCc1ccc(OC)cc1. The lowest BCUT2D eigenvalue weighted by atomic mass is 10.1. The normalized spacial score (nSPS) is 12.4. The van der Waals surface area contributed by atoms with Gasteiger partial charge in [-0.15, -0.1) is 0 Å². The maximum atomic E-state index is 13.0. The quantitative estimate of drug-likeness (QED) is 0.683. The molecule has 0 saturated heterocycles. The van der Waals surface area contributed by atoms with Crippen LogP contribution in [0.1, 0.15) is 18.9 Å². The molecular formula is C19H23FN2O4S. The summed E-state index contributed by atoms with van der Waals surface area (Å²) >= 11 is 0. The fourth-order valence-corrected chi connectivity index (χ4v) is 3.72. The summed E-state index contributed by atoms with van der Waals surface area (Å²) in [4.78, 5) is 12.2. The minimum Gasteiger partial charge on any atom is -0.497 e. The first-order valence-electron chi connectivity index (χ1n) is 8.54. The lowest BCUT2D eigenvalue weighted by molar-refractivity contribution is -0.122. The summed E-state index contributed by atoms with van der Waals surface area (Å²) in [5.41, 5.74) is 1.02. The molecule has 1 unspecified atom stereocenters. The van der Waals surface area contributed by atoms with Crippen LogP contribution in [-0.2, 0) is 21.2 Å². The molecule has 0 radical (unpaired) electrons. The van der Waals surface area contributed by atoms with Crippen LogP contribution in [-0.4, -0.2) is 34.0 Å². The first-order valence-corrected chi connectivity index (χ1v) is 10.0. The Morgan fingerprint density at radius 1 is 1.11 bits per heavy atom. The predicted octanol–water partition coefficient (Wildman–Crippen LogP) is 2.25. The van der Waals surface area contributed by atoms with Crippen molar-refractivity contribution in [1.82, 2.24) is 10.0 Å². The summed E-state index contributed by atoms with van der Waals surface area (Å²) in [6, 6.07) is 11.0. The van der Waals surface area contributed by atoms with E-state index in [1.54, 1.807) is 14.0 Å². The van der Waals surface area contributed by atoms with E-state index in [4.69, 9.17) is 4.74 Å². The van der Waals surface area contributed by atoms with Crippen molar-refractivity contribution in [2.75, 3.05) is 13.7 Å². The first-order chi connectivity index (χ1) is 12.9. The number of methoxy groups -OCH3 is 1. The van der Waals surface area contributed by atoms with E-state index in [2.05, 4.69) is 10.0 Å². The topological polar surface area (TPSA) is 84.5 Å². The van der Waals surface area contributed by atoms with Gasteiger partial charge < -0.3 is 10.1 Å². The van der Waals surface area contributed by atoms with Crippen LogP contribution in [0.2, 0.25) is 0 Å². The van der Waals surface area contributed by atoms with Crippen LogP contribution in [0.25, 0.3) is 0 Å². The van der Waals surface area contributed by atoms with Crippen molar-refractivity contribution >= 4 is 15.9 Å². The van der Waals surface area contributed by atoms with Gasteiger partial charge in [-0.1, -0.05) is 19.1 Å². The summed E-state index contributed by atoms with van der Waals surface area (Å²) in [5, 5.41) is 2.74. The molecule has 2 N–H and O–H groups in total.